The number of carbonyl (C=O) groups is 3. The van der Waals surface area contributed by atoms with Gasteiger partial charge in [-0.1, -0.05) is 51.5 Å². The third-order valence-electron chi connectivity index (χ3n) is 12.2. The minimum absolute atomic E-state index is 0.0142. The number of nitrogens with one attached hydrogen (secondary N) is 3. The molecule has 0 bridgehead atoms. The van der Waals surface area contributed by atoms with E-state index in [4.69, 9.17) is 4.74 Å². The van der Waals surface area contributed by atoms with Crippen LogP contribution in [0.4, 0.5) is 4.79 Å². The third-order valence-corrected chi connectivity index (χ3v) is 12.2. The van der Waals surface area contributed by atoms with Crippen LogP contribution in [0.5, 0.6) is 0 Å². The van der Waals surface area contributed by atoms with Gasteiger partial charge >= 0.3 is 6.09 Å². The summed E-state index contributed by atoms with van der Waals surface area (Å²) in [6.07, 6.45) is 16.3. The van der Waals surface area contributed by atoms with Gasteiger partial charge in [-0.2, -0.15) is 5.10 Å². The molecule has 0 aromatic rings. The van der Waals surface area contributed by atoms with Gasteiger partial charge in [0, 0.05) is 28.9 Å². The van der Waals surface area contributed by atoms with Gasteiger partial charge in [-0.25, -0.2) is 15.6 Å². The van der Waals surface area contributed by atoms with Gasteiger partial charge < -0.3 is 25.5 Å². The predicted octanol–water partition coefficient (Wildman–Crippen LogP) is 4.51. The van der Waals surface area contributed by atoms with Crippen LogP contribution in [-0.4, -0.2) is 63.2 Å². The zero-order valence-corrected chi connectivity index (χ0v) is 28.7. The van der Waals surface area contributed by atoms with E-state index in [9.17, 15) is 29.7 Å². The quantitative estimate of drug-likeness (QED) is 0.112. The summed E-state index contributed by atoms with van der Waals surface area (Å²) in [5.74, 6) is -0.584. The number of hydrogen-bond acceptors (Lipinski definition) is 9. The first kappa shape index (κ1) is 36.0. The van der Waals surface area contributed by atoms with Crippen molar-refractivity contribution >= 4 is 23.5 Å². The molecule has 2 amide bonds. The van der Waals surface area contributed by atoms with Gasteiger partial charge in [0.25, 0.3) is 0 Å². The molecule has 4 unspecified atom stereocenters. The number of ether oxygens (including phenoxy) is 1. The van der Waals surface area contributed by atoms with Crippen molar-refractivity contribution in [2.75, 3.05) is 6.61 Å². The molecule has 0 aromatic heterocycles. The maximum atomic E-state index is 12.8. The average molecular weight is 667 g/mol. The van der Waals surface area contributed by atoms with Crippen LogP contribution in [0.2, 0.25) is 0 Å². The summed E-state index contributed by atoms with van der Waals surface area (Å²) in [6, 6.07) is 0. The Hall–Kier alpha value is -3.28. The van der Waals surface area contributed by atoms with E-state index >= 15 is 0 Å². The second-order valence-corrected chi connectivity index (χ2v) is 15.1. The highest BCUT2D eigenvalue weighted by molar-refractivity contribution is 6.01. The molecule has 0 heterocycles. The number of hydrogen-bond donors (Lipinski definition) is 6. The van der Waals surface area contributed by atoms with Gasteiger partial charge in [0.15, 0.2) is 5.78 Å². The Labute approximate surface area is 284 Å². The van der Waals surface area contributed by atoms with Crippen LogP contribution < -0.4 is 16.3 Å². The van der Waals surface area contributed by atoms with E-state index < -0.39 is 35.2 Å². The standard InChI is InChI=1S/C37H54N4O7/c1-23-19-29-28-16-15-25-20-26(43)17-18-35(25,3)33(28)30(44)21-36(29,4)37(23,47)31(22-42)39-40-32(45)14-10-11-24(2)38-41-34(46)48-27-12-8-6-5-7-9-13-27/h8,12,17-18,20,23,27-30,33,38,42,44,47H,2,5-7,9-11,13-16,19,21-22H2,1,3-4H3,(H,40,45)(H,41,46)/b12-8+,39-31-/t23-,27?,28?,29?,30+,33?,35+,36+,37+/m1/s1. The summed E-state index contributed by atoms with van der Waals surface area (Å²) in [4.78, 5) is 37.1. The average Bonchev–Trinajstić information content (AvgIpc) is 3.22. The fourth-order valence-corrected chi connectivity index (χ4v) is 9.76. The number of amides is 2. The highest BCUT2D eigenvalue weighted by Crippen LogP contribution is 2.68. The lowest BCUT2D eigenvalue weighted by Gasteiger charge is -2.60. The van der Waals surface area contributed by atoms with Gasteiger partial charge in [-0.15, -0.1) is 0 Å². The van der Waals surface area contributed by atoms with Crippen molar-refractivity contribution < 1.29 is 34.4 Å². The Balaban J connectivity index is 1.15. The fraction of sp³-hybridized carbons (Fsp3) is 0.676. The van der Waals surface area contributed by atoms with E-state index in [1.807, 2.05) is 32.1 Å². The van der Waals surface area contributed by atoms with E-state index in [0.29, 0.717) is 31.4 Å². The molecule has 6 N–H and O–H groups in total. The molecule has 0 aromatic carbocycles. The largest absolute Gasteiger partial charge is 0.441 e. The Morgan fingerprint density at radius 2 is 1.94 bits per heavy atom. The van der Waals surface area contributed by atoms with Crippen molar-refractivity contribution in [2.45, 2.75) is 116 Å². The minimum atomic E-state index is -1.54. The van der Waals surface area contributed by atoms with Gasteiger partial charge in [0.2, 0.25) is 5.91 Å². The number of hydrazine groups is 1. The van der Waals surface area contributed by atoms with Crippen LogP contribution in [-0.2, 0) is 14.3 Å². The number of nitrogens with zero attached hydrogens (tertiary/aromatic N) is 1. The van der Waals surface area contributed by atoms with E-state index in [1.54, 1.807) is 12.2 Å². The van der Waals surface area contributed by atoms with Crippen molar-refractivity contribution in [3.63, 3.8) is 0 Å². The topological polar surface area (TPSA) is 170 Å². The number of rotatable bonds is 10. The lowest BCUT2D eigenvalue weighted by atomic mass is 9.46. The zero-order chi connectivity index (χ0) is 34.7. The molecule has 5 aliphatic carbocycles. The second-order valence-electron chi connectivity index (χ2n) is 15.1. The molecule has 11 nitrogen and oxygen atoms in total. The maximum absolute atomic E-state index is 12.8. The fourth-order valence-electron chi connectivity index (χ4n) is 9.76. The Morgan fingerprint density at radius 3 is 2.71 bits per heavy atom. The summed E-state index contributed by atoms with van der Waals surface area (Å²) in [5, 5.41) is 38.9. The Kier molecular flexibility index (Phi) is 11.0. The second kappa shape index (κ2) is 14.7. The number of aliphatic hydroxyl groups is 3. The van der Waals surface area contributed by atoms with E-state index in [1.165, 1.54) is 0 Å². The van der Waals surface area contributed by atoms with Gasteiger partial charge in [0.05, 0.1) is 18.4 Å². The molecule has 5 rings (SSSR count). The summed E-state index contributed by atoms with van der Waals surface area (Å²) in [7, 11) is 0. The molecule has 48 heavy (non-hydrogen) atoms. The van der Waals surface area contributed by atoms with Crippen LogP contribution in [0, 0.1) is 34.5 Å². The van der Waals surface area contributed by atoms with Crippen molar-refractivity contribution in [3.8, 4) is 0 Å². The molecule has 0 radical (unpaired) electrons. The highest BCUT2D eigenvalue weighted by Gasteiger charge is 2.69. The number of ketones is 1. The lowest BCUT2D eigenvalue weighted by molar-refractivity contribution is -0.147. The third kappa shape index (κ3) is 6.91. The van der Waals surface area contributed by atoms with E-state index in [0.717, 1.165) is 50.5 Å². The molecule has 9 atom stereocenters. The first-order valence-electron chi connectivity index (χ1n) is 17.7. The molecule has 11 heteroatoms. The summed E-state index contributed by atoms with van der Waals surface area (Å²) < 4.78 is 5.45. The minimum Gasteiger partial charge on any atom is -0.441 e. The monoisotopic (exact) mass is 666 g/mol. The van der Waals surface area contributed by atoms with Crippen molar-refractivity contribution in [1.29, 1.82) is 0 Å². The molecule has 0 saturated heterocycles. The lowest BCUT2D eigenvalue weighted by Crippen LogP contribution is -2.63. The molecule has 5 aliphatic rings. The summed E-state index contributed by atoms with van der Waals surface area (Å²) in [6.45, 7) is 9.41. The van der Waals surface area contributed by atoms with Gasteiger partial charge in [-0.05, 0) is 100 Å². The predicted molar refractivity (Wildman–Crippen MR) is 182 cm³/mol. The smallest absolute Gasteiger partial charge is 0.426 e. The number of aliphatic hydroxyl groups excluding tert-OH is 2. The van der Waals surface area contributed by atoms with Crippen LogP contribution in [0.3, 0.4) is 0 Å². The molecular formula is C37H54N4O7. The summed E-state index contributed by atoms with van der Waals surface area (Å²) in [5.41, 5.74) is 6.71. The van der Waals surface area contributed by atoms with Crippen LogP contribution >= 0.6 is 0 Å². The van der Waals surface area contributed by atoms with Crippen molar-refractivity contribution in [1.82, 2.24) is 16.3 Å². The molecule has 0 spiro atoms. The molecular weight excluding hydrogens is 612 g/mol. The number of allylic oxidation sites excluding steroid dienone is 6. The molecule has 3 fully saturated rings. The van der Waals surface area contributed by atoms with E-state index in [2.05, 4.69) is 34.9 Å². The normalized spacial score (nSPS) is 38.2. The SMILES string of the molecule is C=C(CCCC(=O)N/N=C(/CO)[C@@]1(O)[C@H](C)CC2C3CCC4=CC(=O)C=C[C@]4(C)C3[C@@H](O)C[C@@]21C)NNC(=O)OC1/C=C/CCCCC1. The van der Waals surface area contributed by atoms with Crippen molar-refractivity contribution in [2.24, 2.45) is 39.6 Å². The zero-order valence-electron chi connectivity index (χ0n) is 28.7. The molecule has 0 aliphatic heterocycles. The van der Waals surface area contributed by atoms with E-state index in [-0.39, 0.29) is 53.6 Å². The molecule has 264 valence electrons. The summed E-state index contributed by atoms with van der Waals surface area (Å²) >= 11 is 0. The highest BCUT2D eigenvalue weighted by atomic mass is 16.6. The first-order valence-corrected chi connectivity index (χ1v) is 17.7. The van der Waals surface area contributed by atoms with Crippen molar-refractivity contribution in [3.05, 3.63) is 48.2 Å². The Bertz CT molecular complexity index is 1390. The van der Waals surface area contributed by atoms with Crippen LogP contribution in [0.25, 0.3) is 0 Å². The van der Waals surface area contributed by atoms with Crippen LogP contribution in [0.1, 0.15) is 97.8 Å². The molecule has 3 saturated carbocycles. The number of hydrazone groups is 1. The Morgan fingerprint density at radius 1 is 1.15 bits per heavy atom. The number of fused-ring (bicyclic) bond motifs is 5. The first-order chi connectivity index (χ1) is 22.8. The van der Waals surface area contributed by atoms with Gasteiger partial charge in [-0.3, -0.25) is 9.59 Å². The maximum Gasteiger partial charge on any atom is 0.426 e. The number of carbonyl (C=O) groups excluding carboxylic acids is 3. The van der Waals surface area contributed by atoms with Crippen LogP contribution in [0.15, 0.2) is 53.3 Å². The van der Waals surface area contributed by atoms with Gasteiger partial charge in [0.1, 0.15) is 11.7 Å².